The van der Waals surface area contributed by atoms with Crippen molar-refractivity contribution in [1.82, 2.24) is 9.80 Å². The molecule has 2 atom stereocenters. The molecule has 2 fully saturated rings. The Hall–Kier alpha value is -1.88. The highest BCUT2D eigenvalue weighted by Crippen LogP contribution is 2.30. The topological polar surface area (TPSA) is 52.7 Å². The summed E-state index contributed by atoms with van der Waals surface area (Å²) in [6, 6.07) is 7.45. The van der Waals surface area contributed by atoms with Gasteiger partial charge in [0.2, 0.25) is 0 Å². The molecule has 5 nitrogen and oxygen atoms in total. The first-order chi connectivity index (χ1) is 11.0. The van der Waals surface area contributed by atoms with Gasteiger partial charge in [0.25, 0.3) is 0 Å². The number of piperidine rings is 2. The van der Waals surface area contributed by atoms with E-state index < -0.39 is 0 Å². The second kappa shape index (κ2) is 6.71. The van der Waals surface area contributed by atoms with Gasteiger partial charge < -0.3 is 15.1 Å². The highest BCUT2D eigenvalue weighted by Gasteiger charge is 2.37. The van der Waals surface area contributed by atoms with E-state index in [1.807, 2.05) is 4.90 Å². The molecule has 0 spiro atoms. The number of Topliss-reactive ketones (excluding diaryl/α,β-unsaturated/α-hetero) is 1. The molecular weight excluding hydrogens is 290 g/mol. The van der Waals surface area contributed by atoms with Crippen molar-refractivity contribution < 1.29 is 9.59 Å². The van der Waals surface area contributed by atoms with Crippen molar-refractivity contribution in [3.8, 4) is 0 Å². The fraction of sp³-hybridized carbons (Fsp3) is 0.556. The normalized spacial score (nSPS) is 24.9. The molecule has 2 heterocycles. The Labute approximate surface area is 137 Å². The number of nitrogens with one attached hydrogen (secondary N) is 1. The van der Waals surface area contributed by atoms with Crippen LogP contribution >= 0.6 is 0 Å². The average molecular weight is 315 g/mol. The number of hydrogen-bond donors (Lipinski definition) is 1. The first-order valence-corrected chi connectivity index (χ1v) is 8.42. The van der Waals surface area contributed by atoms with Crippen LogP contribution in [0.3, 0.4) is 0 Å². The number of benzene rings is 1. The van der Waals surface area contributed by atoms with Gasteiger partial charge in [-0.1, -0.05) is 0 Å². The van der Waals surface area contributed by atoms with Gasteiger partial charge in [0, 0.05) is 30.4 Å². The minimum atomic E-state index is -0.0140. The van der Waals surface area contributed by atoms with E-state index in [0.29, 0.717) is 17.5 Å². The number of rotatable bonds is 2. The van der Waals surface area contributed by atoms with Crippen molar-refractivity contribution in [2.24, 2.45) is 5.92 Å². The van der Waals surface area contributed by atoms with Crippen LogP contribution in [0.5, 0.6) is 0 Å². The quantitative estimate of drug-likeness (QED) is 0.854. The smallest absolute Gasteiger partial charge is 0.321 e. The fourth-order valence-corrected chi connectivity index (χ4v) is 3.82. The lowest BCUT2D eigenvalue weighted by Gasteiger charge is -2.46. The van der Waals surface area contributed by atoms with Gasteiger partial charge >= 0.3 is 6.03 Å². The molecule has 2 saturated heterocycles. The van der Waals surface area contributed by atoms with Gasteiger partial charge in [0.05, 0.1) is 0 Å². The summed E-state index contributed by atoms with van der Waals surface area (Å²) >= 11 is 0. The summed E-state index contributed by atoms with van der Waals surface area (Å²) in [6.07, 6.45) is 3.34. The number of amides is 2. The van der Waals surface area contributed by atoms with E-state index in [9.17, 15) is 9.59 Å². The standard InChI is InChI=1S/C18H25N3O2/c1-13(22)14-5-7-16(8-6-14)19-18(23)21-10-3-4-15-12-20(2)11-9-17(15)21/h5-8,15,17H,3-4,9-12H2,1-2H3,(H,19,23)/t15-,17-/m1/s1. The van der Waals surface area contributed by atoms with Crippen LogP contribution in [0.1, 0.15) is 36.5 Å². The summed E-state index contributed by atoms with van der Waals surface area (Å²) in [5.74, 6) is 0.626. The SMILES string of the molecule is CC(=O)c1ccc(NC(=O)N2CCC[C@@H]3CN(C)CC[C@H]32)cc1. The van der Waals surface area contributed by atoms with Crippen LogP contribution in [-0.2, 0) is 0 Å². The lowest BCUT2D eigenvalue weighted by atomic mass is 9.84. The summed E-state index contributed by atoms with van der Waals surface area (Å²) in [4.78, 5) is 28.3. The molecule has 0 bridgehead atoms. The van der Waals surface area contributed by atoms with E-state index in [1.165, 1.54) is 6.42 Å². The molecular formula is C18H25N3O2. The lowest BCUT2D eigenvalue weighted by molar-refractivity contribution is 0.0579. The summed E-state index contributed by atoms with van der Waals surface area (Å²) in [5, 5.41) is 2.98. The Morgan fingerprint density at radius 2 is 1.87 bits per heavy atom. The second-order valence-electron chi connectivity index (χ2n) is 6.78. The van der Waals surface area contributed by atoms with E-state index in [4.69, 9.17) is 0 Å². The molecule has 3 rings (SSSR count). The minimum Gasteiger partial charge on any atom is -0.321 e. The number of fused-ring (bicyclic) bond motifs is 1. The Bertz CT molecular complexity index is 584. The van der Waals surface area contributed by atoms with Crippen LogP contribution < -0.4 is 5.32 Å². The van der Waals surface area contributed by atoms with Crippen LogP contribution in [0.4, 0.5) is 10.5 Å². The number of urea groups is 1. The zero-order chi connectivity index (χ0) is 16.4. The van der Waals surface area contributed by atoms with Crippen LogP contribution in [0.15, 0.2) is 24.3 Å². The van der Waals surface area contributed by atoms with Crippen molar-refractivity contribution in [1.29, 1.82) is 0 Å². The highest BCUT2D eigenvalue weighted by molar-refractivity contribution is 5.95. The first-order valence-electron chi connectivity index (χ1n) is 8.42. The Balaban J connectivity index is 1.66. The third-order valence-corrected chi connectivity index (χ3v) is 5.07. The molecule has 5 heteroatoms. The summed E-state index contributed by atoms with van der Waals surface area (Å²) in [6.45, 7) is 4.52. The van der Waals surface area contributed by atoms with Crippen LogP contribution in [0.2, 0.25) is 0 Å². The van der Waals surface area contributed by atoms with Crippen LogP contribution in [-0.4, -0.2) is 54.3 Å². The molecule has 2 aliphatic rings. The van der Waals surface area contributed by atoms with Crippen molar-refractivity contribution >= 4 is 17.5 Å². The molecule has 1 aromatic carbocycles. The van der Waals surface area contributed by atoms with Gasteiger partial charge in [0.1, 0.15) is 0 Å². The molecule has 124 valence electrons. The number of hydrogen-bond acceptors (Lipinski definition) is 3. The molecule has 0 unspecified atom stereocenters. The number of anilines is 1. The van der Waals surface area contributed by atoms with Crippen LogP contribution in [0, 0.1) is 5.92 Å². The number of carbonyl (C=O) groups is 2. The summed E-state index contributed by atoms with van der Waals surface area (Å²) < 4.78 is 0. The maximum atomic E-state index is 12.7. The van der Waals surface area contributed by atoms with Crippen molar-refractivity contribution in [3.05, 3.63) is 29.8 Å². The molecule has 0 radical (unpaired) electrons. The van der Waals surface area contributed by atoms with E-state index in [-0.39, 0.29) is 11.8 Å². The maximum absolute atomic E-state index is 12.7. The van der Waals surface area contributed by atoms with Gasteiger partial charge in [-0.3, -0.25) is 4.79 Å². The van der Waals surface area contributed by atoms with E-state index in [1.54, 1.807) is 31.2 Å². The number of nitrogens with zero attached hydrogens (tertiary/aromatic N) is 2. The highest BCUT2D eigenvalue weighted by atomic mass is 16.2. The van der Waals surface area contributed by atoms with Crippen molar-refractivity contribution in [2.45, 2.75) is 32.2 Å². The molecule has 1 N–H and O–H groups in total. The number of carbonyl (C=O) groups excluding carboxylic acids is 2. The number of likely N-dealkylation sites (tertiary alicyclic amines) is 2. The lowest BCUT2D eigenvalue weighted by Crippen LogP contribution is -2.56. The minimum absolute atomic E-state index is 0.0140. The van der Waals surface area contributed by atoms with E-state index in [0.717, 1.165) is 38.2 Å². The predicted octanol–water partition coefficient (Wildman–Crippen LogP) is 2.84. The zero-order valence-electron chi connectivity index (χ0n) is 13.9. The van der Waals surface area contributed by atoms with E-state index in [2.05, 4.69) is 17.3 Å². The van der Waals surface area contributed by atoms with Gasteiger partial charge in [0.15, 0.2) is 5.78 Å². The number of ketones is 1. The van der Waals surface area contributed by atoms with Crippen molar-refractivity contribution in [3.63, 3.8) is 0 Å². The fourth-order valence-electron chi connectivity index (χ4n) is 3.82. The van der Waals surface area contributed by atoms with Gasteiger partial charge in [-0.05, 0) is 70.0 Å². The summed E-state index contributed by atoms with van der Waals surface area (Å²) in [7, 11) is 2.16. The molecule has 23 heavy (non-hydrogen) atoms. The third kappa shape index (κ3) is 3.55. The molecule has 2 aliphatic heterocycles. The van der Waals surface area contributed by atoms with Crippen LogP contribution in [0.25, 0.3) is 0 Å². The maximum Gasteiger partial charge on any atom is 0.322 e. The largest absolute Gasteiger partial charge is 0.322 e. The van der Waals surface area contributed by atoms with Gasteiger partial charge in [-0.25, -0.2) is 4.79 Å². The predicted molar refractivity (Wildman–Crippen MR) is 90.8 cm³/mol. The van der Waals surface area contributed by atoms with Gasteiger partial charge in [-0.2, -0.15) is 0 Å². The third-order valence-electron chi connectivity index (χ3n) is 5.07. The monoisotopic (exact) mass is 315 g/mol. The molecule has 0 saturated carbocycles. The van der Waals surface area contributed by atoms with E-state index >= 15 is 0 Å². The Morgan fingerprint density at radius 1 is 1.13 bits per heavy atom. The Kier molecular flexibility index (Phi) is 4.66. The molecule has 0 aliphatic carbocycles. The van der Waals surface area contributed by atoms with Gasteiger partial charge in [-0.15, -0.1) is 0 Å². The Morgan fingerprint density at radius 3 is 2.57 bits per heavy atom. The molecule has 0 aromatic heterocycles. The zero-order valence-corrected chi connectivity index (χ0v) is 13.9. The summed E-state index contributed by atoms with van der Waals surface area (Å²) in [5.41, 5.74) is 1.41. The first kappa shape index (κ1) is 16.0. The van der Waals surface area contributed by atoms with Crippen molar-refractivity contribution in [2.75, 3.05) is 32.0 Å². The average Bonchev–Trinajstić information content (AvgIpc) is 2.54. The second-order valence-corrected chi connectivity index (χ2v) is 6.78. The molecule has 1 aromatic rings. The molecule has 2 amide bonds.